The Labute approximate surface area is 183 Å². The Morgan fingerprint density at radius 1 is 0.903 bits per heavy atom. The number of carbonyl (C=O) groups excluding carboxylic acids is 2. The fourth-order valence-electron chi connectivity index (χ4n) is 2.97. The molecular weight excluding hydrogens is 426 g/mol. The molecule has 0 radical (unpaired) electrons. The molecule has 0 fully saturated rings. The molecule has 0 saturated heterocycles. The highest BCUT2D eigenvalue weighted by atomic mass is 35.5. The summed E-state index contributed by atoms with van der Waals surface area (Å²) >= 11 is 6.11. The lowest BCUT2D eigenvalue weighted by Gasteiger charge is -2.20. The third kappa shape index (κ3) is 6.26. The van der Waals surface area contributed by atoms with Crippen molar-refractivity contribution in [2.75, 3.05) is 5.32 Å². The smallest absolute Gasteiger partial charge is 0.387 e. The van der Waals surface area contributed by atoms with Gasteiger partial charge < -0.3 is 15.4 Å². The fraction of sp³-hybridized carbons (Fsp3) is 0.130. The molecule has 0 bridgehead atoms. The van der Waals surface area contributed by atoms with Gasteiger partial charge in [-0.3, -0.25) is 9.59 Å². The SMILES string of the molecule is O=C(CC(NC(=O)c1ccccc1Cl)c1ccccc1)Nc1ccccc1OC(F)F. The van der Waals surface area contributed by atoms with Gasteiger partial charge in [0.1, 0.15) is 5.75 Å². The summed E-state index contributed by atoms with van der Waals surface area (Å²) in [4.78, 5) is 25.4. The van der Waals surface area contributed by atoms with E-state index in [1.807, 2.05) is 6.07 Å². The maximum Gasteiger partial charge on any atom is 0.387 e. The van der Waals surface area contributed by atoms with Gasteiger partial charge >= 0.3 is 6.61 Å². The van der Waals surface area contributed by atoms with Crippen molar-refractivity contribution in [3.05, 3.63) is 95.0 Å². The van der Waals surface area contributed by atoms with E-state index in [-0.39, 0.29) is 28.4 Å². The van der Waals surface area contributed by atoms with E-state index in [0.29, 0.717) is 5.56 Å². The Morgan fingerprint density at radius 3 is 2.26 bits per heavy atom. The van der Waals surface area contributed by atoms with E-state index in [2.05, 4.69) is 15.4 Å². The van der Waals surface area contributed by atoms with Crippen LogP contribution in [0.3, 0.4) is 0 Å². The number of rotatable bonds is 8. The maximum absolute atomic E-state index is 12.7. The lowest BCUT2D eigenvalue weighted by Crippen LogP contribution is -2.31. The number of hydrogen-bond donors (Lipinski definition) is 2. The second-order valence-corrected chi connectivity index (χ2v) is 6.95. The highest BCUT2D eigenvalue weighted by Gasteiger charge is 2.21. The van der Waals surface area contributed by atoms with Gasteiger partial charge in [0.25, 0.3) is 5.91 Å². The summed E-state index contributed by atoms with van der Waals surface area (Å²) in [6.45, 7) is -3.02. The minimum atomic E-state index is -3.02. The third-order valence-corrected chi connectivity index (χ3v) is 4.72. The predicted octanol–water partition coefficient (Wildman–Crippen LogP) is 5.44. The van der Waals surface area contributed by atoms with Crippen molar-refractivity contribution in [1.82, 2.24) is 5.32 Å². The van der Waals surface area contributed by atoms with Crippen molar-refractivity contribution >= 4 is 29.1 Å². The molecule has 0 heterocycles. The third-order valence-electron chi connectivity index (χ3n) is 4.39. The number of carbonyl (C=O) groups is 2. The van der Waals surface area contributed by atoms with Crippen molar-refractivity contribution < 1.29 is 23.1 Å². The molecule has 3 aromatic carbocycles. The van der Waals surface area contributed by atoms with Crippen LogP contribution < -0.4 is 15.4 Å². The van der Waals surface area contributed by atoms with E-state index in [1.54, 1.807) is 54.6 Å². The van der Waals surface area contributed by atoms with Crippen LogP contribution in [0.4, 0.5) is 14.5 Å². The lowest BCUT2D eigenvalue weighted by atomic mass is 10.0. The van der Waals surface area contributed by atoms with Gasteiger partial charge in [-0.05, 0) is 29.8 Å². The molecule has 0 spiro atoms. The van der Waals surface area contributed by atoms with Gasteiger partial charge in [0.15, 0.2) is 0 Å². The number of hydrogen-bond acceptors (Lipinski definition) is 3. The van der Waals surface area contributed by atoms with Crippen LogP contribution in [0.25, 0.3) is 0 Å². The molecule has 3 aromatic rings. The van der Waals surface area contributed by atoms with E-state index in [1.165, 1.54) is 18.2 Å². The average Bonchev–Trinajstić information content (AvgIpc) is 2.75. The Bertz CT molecular complexity index is 1050. The van der Waals surface area contributed by atoms with Crippen molar-refractivity contribution in [2.24, 2.45) is 0 Å². The van der Waals surface area contributed by atoms with Gasteiger partial charge in [-0.2, -0.15) is 8.78 Å². The average molecular weight is 445 g/mol. The van der Waals surface area contributed by atoms with E-state index in [0.717, 1.165) is 0 Å². The number of ether oxygens (including phenoxy) is 1. The first kappa shape index (κ1) is 22.2. The number of para-hydroxylation sites is 2. The summed E-state index contributed by atoms with van der Waals surface area (Å²) in [5.41, 5.74) is 1.09. The monoisotopic (exact) mass is 444 g/mol. The number of halogens is 3. The van der Waals surface area contributed by atoms with Gasteiger partial charge in [0.2, 0.25) is 5.91 Å². The van der Waals surface area contributed by atoms with Gasteiger partial charge in [0.05, 0.1) is 28.7 Å². The van der Waals surface area contributed by atoms with Crippen LogP contribution in [0.2, 0.25) is 5.02 Å². The van der Waals surface area contributed by atoms with Crippen molar-refractivity contribution in [1.29, 1.82) is 0 Å². The summed E-state index contributed by atoms with van der Waals surface area (Å²) in [7, 11) is 0. The Kier molecular flexibility index (Phi) is 7.56. The van der Waals surface area contributed by atoms with Crippen LogP contribution >= 0.6 is 11.6 Å². The van der Waals surface area contributed by atoms with Crippen molar-refractivity contribution in [2.45, 2.75) is 19.1 Å². The molecule has 0 aromatic heterocycles. The summed E-state index contributed by atoms with van der Waals surface area (Å²) in [6, 6.07) is 20.7. The summed E-state index contributed by atoms with van der Waals surface area (Å²) in [6.07, 6.45) is -0.136. The molecule has 3 rings (SSSR count). The first-order valence-electron chi connectivity index (χ1n) is 9.38. The number of alkyl halides is 2. The maximum atomic E-state index is 12.7. The van der Waals surface area contributed by atoms with E-state index in [4.69, 9.17) is 11.6 Å². The number of amides is 2. The molecule has 31 heavy (non-hydrogen) atoms. The van der Waals surface area contributed by atoms with Gasteiger partial charge in [-0.1, -0.05) is 66.2 Å². The zero-order valence-electron chi connectivity index (χ0n) is 16.2. The van der Waals surface area contributed by atoms with E-state index < -0.39 is 24.5 Å². The molecule has 1 unspecified atom stereocenters. The van der Waals surface area contributed by atoms with Gasteiger partial charge in [0, 0.05) is 0 Å². The topological polar surface area (TPSA) is 67.4 Å². The van der Waals surface area contributed by atoms with Crippen molar-refractivity contribution in [3.63, 3.8) is 0 Å². The molecule has 0 aliphatic carbocycles. The lowest BCUT2D eigenvalue weighted by molar-refractivity contribution is -0.116. The first-order valence-corrected chi connectivity index (χ1v) is 9.76. The molecule has 5 nitrogen and oxygen atoms in total. The molecule has 160 valence electrons. The molecule has 0 aliphatic rings. The molecule has 8 heteroatoms. The molecular formula is C23H19ClF2N2O3. The quantitative estimate of drug-likeness (QED) is 0.486. The van der Waals surface area contributed by atoms with E-state index >= 15 is 0 Å². The summed E-state index contributed by atoms with van der Waals surface area (Å²) in [5, 5.41) is 5.67. The van der Waals surface area contributed by atoms with Crippen LogP contribution in [-0.4, -0.2) is 18.4 Å². The summed E-state index contributed by atoms with van der Waals surface area (Å²) < 4.78 is 29.7. The molecule has 1 atom stereocenters. The Morgan fingerprint density at radius 2 is 1.55 bits per heavy atom. The second kappa shape index (κ2) is 10.5. The Balaban J connectivity index is 1.77. The minimum absolute atomic E-state index is 0.108. The first-order chi connectivity index (χ1) is 14.9. The number of nitrogens with one attached hydrogen (secondary N) is 2. The van der Waals surface area contributed by atoms with Crippen LogP contribution in [0.5, 0.6) is 5.75 Å². The highest BCUT2D eigenvalue weighted by Crippen LogP contribution is 2.27. The van der Waals surface area contributed by atoms with Crippen LogP contribution in [0.15, 0.2) is 78.9 Å². The number of anilines is 1. The van der Waals surface area contributed by atoms with Crippen LogP contribution in [0, 0.1) is 0 Å². The molecule has 2 amide bonds. The standard InChI is InChI=1S/C23H19ClF2N2O3/c24-17-11-5-4-10-16(17)22(30)28-19(15-8-2-1-3-9-15)14-21(29)27-18-12-6-7-13-20(18)31-23(25)26/h1-13,19,23H,14H2,(H,27,29)(H,28,30). The number of benzene rings is 3. The largest absolute Gasteiger partial charge is 0.433 e. The van der Waals surface area contributed by atoms with Crippen LogP contribution in [0.1, 0.15) is 28.4 Å². The molecule has 0 aliphatic heterocycles. The zero-order chi connectivity index (χ0) is 22.2. The van der Waals surface area contributed by atoms with Gasteiger partial charge in [-0.25, -0.2) is 0 Å². The Hall–Kier alpha value is -3.45. The molecule has 0 saturated carbocycles. The molecule has 2 N–H and O–H groups in total. The van der Waals surface area contributed by atoms with Crippen molar-refractivity contribution in [3.8, 4) is 5.75 Å². The normalized spacial score (nSPS) is 11.6. The summed E-state index contributed by atoms with van der Waals surface area (Å²) in [5.74, 6) is -1.07. The zero-order valence-corrected chi connectivity index (χ0v) is 17.0. The minimum Gasteiger partial charge on any atom is -0.433 e. The fourth-order valence-corrected chi connectivity index (χ4v) is 3.20. The predicted molar refractivity (Wildman–Crippen MR) is 114 cm³/mol. The highest BCUT2D eigenvalue weighted by molar-refractivity contribution is 6.33. The van der Waals surface area contributed by atoms with Crippen LogP contribution in [-0.2, 0) is 4.79 Å². The van der Waals surface area contributed by atoms with E-state index in [9.17, 15) is 18.4 Å². The van der Waals surface area contributed by atoms with Gasteiger partial charge in [-0.15, -0.1) is 0 Å². The second-order valence-electron chi connectivity index (χ2n) is 6.54.